The second-order valence-electron chi connectivity index (χ2n) is 12.1. The Morgan fingerprint density at radius 2 is 1.77 bits per heavy atom. The highest BCUT2D eigenvalue weighted by Crippen LogP contribution is 2.57. The van der Waals surface area contributed by atoms with E-state index in [0.29, 0.717) is 44.3 Å². The van der Waals surface area contributed by atoms with Crippen molar-refractivity contribution in [2.75, 3.05) is 59.0 Å². The summed E-state index contributed by atoms with van der Waals surface area (Å²) in [7, 11) is 5.08. The van der Waals surface area contributed by atoms with Crippen molar-refractivity contribution in [2.24, 2.45) is 11.1 Å². The number of carboxylic acid groups (broad SMARTS) is 1. The van der Waals surface area contributed by atoms with Crippen LogP contribution in [0.4, 0.5) is 5.69 Å². The van der Waals surface area contributed by atoms with Crippen molar-refractivity contribution in [3.05, 3.63) is 64.2 Å². The van der Waals surface area contributed by atoms with Gasteiger partial charge in [0.05, 0.1) is 38.5 Å². The number of likely N-dealkylation sites (N-methyl/N-ethyl adjacent to an activating group) is 2. The second-order valence-corrected chi connectivity index (χ2v) is 13.3. The molecule has 44 heavy (non-hydrogen) atoms. The van der Waals surface area contributed by atoms with Gasteiger partial charge in [-0.05, 0) is 72.2 Å². The highest BCUT2D eigenvalue weighted by Gasteiger charge is 2.46. The standard InChI is InChI=1S/C33H44N4O6S/c1-21-27-19-24(42-4)11-13-25(27)31-30(22-8-6-5-7-9-22)26-12-10-23(33(39)40)18-29(26)37(31)20-28(21)32(38)35(2)14-16-43-17-15-36(3)44(34)41/h10-13,18-19,22,30-31H,5-9,14-17,20,34H2,1-4H3,(H,39,40). The van der Waals surface area contributed by atoms with E-state index < -0.39 is 17.5 Å². The maximum atomic E-state index is 14.1. The number of carboxylic acids is 1. The lowest BCUT2D eigenvalue weighted by Gasteiger charge is -2.36. The third kappa shape index (κ3) is 6.48. The number of nitrogens with two attached hydrogens (primary N) is 1. The summed E-state index contributed by atoms with van der Waals surface area (Å²) in [6, 6.07) is 11.6. The second kappa shape index (κ2) is 13.9. The molecular formula is C33H44N4O6S. The van der Waals surface area contributed by atoms with Crippen molar-refractivity contribution in [2.45, 2.75) is 51.0 Å². The van der Waals surface area contributed by atoms with Gasteiger partial charge in [-0.3, -0.25) is 4.79 Å². The Balaban J connectivity index is 1.50. The molecule has 0 bridgehead atoms. The van der Waals surface area contributed by atoms with Crippen molar-refractivity contribution in [1.82, 2.24) is 9.21 Å². The average Bonchev–Trinajstić information content (AvgIpc) is 3.28. The van der Waals surface area contributed by atoms with E-state index in [1.807, 2.05) is 25.1 Å². The molecule has 238 valence electrons. The van der Waals surface area contributed by atoms with Crippen LogP contribution in [0.3, 0.4) is 0 Å². The minimum Gasteiger partial charge on any atom is -0.579 e. The summed E-state index contributed by atoms with van der Waals surface area (Å²) < 4.78 is 24.2. The van der Waals surface area contributed by atoms with Gasteiger partial charge < -0.3 is 28.9 Å². The van der Waals surface area contributed by atoms with Gasteiger partial charge >= 0.3 is 5.97 Å². The number of methoxy groups -OCH3 is 1. The lowest BCUT2D eigenvalue weighted by atomic mass is 9.72. The number of aromatic carboxylic acids is 1. The van der Waals surface area contributed by atoms with Gasteiger partial charge in [0.15, 0.2) is 0 Å². The maximum Gasteiger partial charge on any atom is 0.335 e. The fourth-order valence-corrected chi connectivity index (χ4v) is 7.37. The lowest BCUT2D eigenvalue weighted by Crippen LogP contribution is -2.38. The lowest BCUT2D eigenvalue weighted by molar-refractivity contribution is -0.126. The zero-order chi connectivity index (χ0) is 31.5. The molecule has 0 aromatic heterocycles. The van der Waals surface area contributed by atoms with E-state index in [-0.39, 0.29) is 23.4 Å². The summed E-state index contributed by atoms with van der Waals surface area (Å²) in [5.74, 6) is 0.326. The number of hydrogen-bond donors (Lipinski definition) is 2. The van der Waals surface area contributed by atoms with Crippen molar-refractivity contribution < 1.29 is 28.7 Å². The quantitative estimate of drug-likeness (QED) is 0.277. The first-order chi connectivity index (χ1) is 21.1. The summed E-state index contributed by atoms with van der Waals surface area (Å²) in [4.78, 5) is 30.2. The smallest absolute Gasteiger partial charge is 0.335 e. The minimum atomic E-state index is -1.55. The van der Waals surface area contributed by atoms with E-state index in [1.54, 1.807) is 38.2 Å². The molecule has 2 aromatic rings. The van der Waals surface area contributed by atoms with Gasteiger partial charge in [-0.25, -0.2) is 4.79 Å². The topological polar surface area (TPSA) is 132 Å². The number of rotatable bonds is 11. The largest absolute Gasteiger partial charge is 0.579 e. The molecule has 3 aliphatic rings. The normalized spacial score (nSPS) is 20.6. The molecule has 1 aliphatic carbocycles. The van der Waals surface area contributed by atoms with Gasteiger partial charge in [0, 0.05) is 44.4 Å². The number of hydrogen-bond acceptors (Lipinski definition) is 8. The van der Waals surface area contributed by atoms with Crippen molar-refractivity contribution in [3.8, 4) is 5.75 Å². The van der Waals surface area contributed by atoms with Crippen LogP contribution in [0.15, 0.2) is 42.0 Å². The number of ether oxygens (including phenoxy) is 2. The van der Waals surface area contributed by atoms with Crippen LogP contribution in [0, 0.1) is 5.92 Å². The fraction of sp³-hybridized carbons (Fsp3) is 0.515. The van der Waals surface area contributed by atoms with Crippen LogP contribution >= 0.6 is 0 Å². The molecule has 2 aromatic carbocycles. The molecule has 0 saturated heterocycles. The average molecular weight is 625 g/mol. The fourth-order valence-electron chi connectivity index (χ4n) is 7.11. The maximum absolute atomic E-state index is 14.1. The predicted octanol–water partition coefficient (Wildman–Crippen LogP) is 4.35. The molecule has 3 atom stereocenters. The molecule has 1 saturated carbocycles. The Bertz CT molecular complexity index is 1410. The van der Waals surface area contributed by atoms with Crippen LogP contribution in [0.5, 0.6) is 5.75 Å². The van der Waals surface area contributed by atoms with Gasteiger partial charge in [-0.2, -0.15) is 0 Å². The number of fused-ring (bicyclic) bond motifs is 5. The van der Waals surface area contributed by atoms with Crippen LogP contribution < -0.4 is 14.8 Å². The van der Waals surface area contributed by atoms with Crippen molar-refractivity contribution in [1.29, 1.82) is 0 Å². The number of nitrogens with zero attached hydrogens (tertiary/aromatic N) is 3. The number of anilines is 1. The van der Waals surface area contributed by atoms with E-state index in [4.69, 9.17) is 14.6 Å². The van der Waals surface area contributed by atoms with E-state index >= 15 is 0 Å². The molecule has 11 heteroatoms. The first kappa shape index (κ1) is 32.3. The van der Waals surface area contributed by atoms with Crippen molar-refractivity contribution >= 4 is 34.7 Å². The number of carbonyl (C=O) groups is 2. The molecule has 5 rings (SSSR count). The Hall–Kier alpha value is -3.09. The molecule has 2 aliphatic heterocycles. The number of amides is 1. The Morgan fingerprint density at radius 1 is 1.07 bits per heavy atom. The molecule has 2 heterocycles. The van der Waals surface area contributed by atoms with Crippen LogP contribution in [0.2, 0.25) is 0 Å². The van der Waals surface area contributed by atoms with Gasteiger partial charge in [-0.1, -0.05) is 31.4 Å². The molecule has 1 amide bonds. The minimum absolute atomic E-state index is 0.0305. The molecule has 10 nitrogen and oxygen atoms in total. The molecular weight excluding hydrogens is 580 g/mol. The Morgan fingerprint density at radius 3 is 2.45 bits per heavy atom. The summed E-state index contributed by atoms with van der Waals surface area (Å²) >= 11 is -1.55. The van der Waals surface area contributed by atoms with E-state index in [0.717, 1.165) is 41.0 Å². The van der Waals surface area contributed by atoms with Crippen molar-refractivity contribution in [3.63, 3.8) is 0 Å². The predicted molar refractivity (Wildman–Crippen MR) is 172 cm³/mol. The molecule has 0 radical (unpaired) electrons. The molecule has 3 unspecified atom stereocenters. The summed E-state index contributed by atoms with van der Waals surface area (Å²) in [5, 5.41) is 15.3. The van der Waals surface area contributed by atoms with Crippen LogP contribution in [0.1, 0.15) is 78.0 Å². The van der Waals surface area contributed by atoms with Gasteiger partial charge in [0.1, 0.15) is 17.3 Å². The number of benzene rings is 2. The monoisotopic (exact) mass is 624 g/mol. The SMILES string of the molecule is COc1ccc2c(c1)C(C)=C(C(=O)N(C)CCOCCN(C)[S+](N)[O-])CN1c3cc(C(=O)O)ccc3C(C3CCCCC3)C21. The Kier molecular flexibility index (Phi) is 10.2. The Labute approximate surface area is 263 Å². The highest BCUT2D eigenvalue weighted by atomic mass is 32.2. The zero-order valence-corrected chi connectivity index (χ0v) is 26.9. The number of carbonyl (C=O) groups excluding carboxylic acids is 1. The van der Waals surface area contributed by atoms with Crippen LogP contribution in [0.25, 0.3) is 5.57 Å². The summed E-state index contributed by atoms with van der Waals surface area (Å²) in [6.07, 6.45) is 5.91. The summed E-state index contributed by atoms with van der Waals surface area (Å²) in [6.45, 7) is 3.83. The molecule has 0 spiro atoms. The molecule has 3 N–H and O–H groups in total. The van der Waals surface area contributed by atoms with E-state index in [9.17, 15) is 19.2 Å². The van der Waals surface area contributed by atoms with Gasteiger partial charge in [0.2, 0.25) is 0 Å². The summed E-state index contributed by atoms with van der Waals surface area (Å²) in [5.41, 5.74) is 6.02. The number of allylic oxidation sites excluding steroid dienone is 1. The van der Waals surface area contributed by atoms with E-state index in [2.05, 4.69) is 11.0 Å². The van der Waals surface area contributed by atoms with Gasteiger partial charge in [0.25, 0.3) is 5.91 Å². The van der Waals surface area contributed by atoms with E-state index in [1.165, 1.54) is 29.1 Å². The zero-order valence-electron chi connectivity index (χ0n) is 26.1. The van der Waals surface area contributed by atoms with Crippen LogP contribution in [-0.2, 0) is 21.1 Å². The third-order valence-corrected chi connectivity index (χ3v) is 10.4. The first-order valence-corrected chi connectivity index (χ1v) is 16.5. The highest BCUT2D eigenvalue weighted by molar-refractivity contribution is 7.86. The first-order valence-electron chi connectivity index (χ1n) is 15.3. The van der Waals surface area contributed by atoms with Crippen LogP contribution in [-0.4, -0.2) is 84.8 Å². The molecule has 1 fully saturated rings. The van der Waals surface area contributed by atoms with Gasteiger partial charge in [-0.15, -0.1) is 9.44 Å². The third-order valence-electron chi connectivity index (χ3n) is 9.58.